The van der Waals surface area contributed by atoms with Gasteiger partial charge in [-0.15, -0.1) is 0 Å². The molecule has 1 aromatic heterocycles. The summed E-state index contributed by atoms with van der Waals surface area (Å²) < 4.78 is 55.3. The number of nitrogens with zero attached hydrogens (tertiary/aromatic N) is 1. The quantitative estimate of drug-likeness (QED) is 0.786. The van der Waals surface area contributed by atoms with Crippen molar-refractivity contribution in [1.82, 2.24) is 5.16 Å². The normalized spacial score (nSPS) is 11.8. The van der Waals surface area contributed by atoms with Gasteiger partial charge in [0.05, 0.1) is 5.56 Å². The number of aromatic nitrogens is 1. The van der Waals surface area contributed by atoms with Crippen molar-refractivity contribution < 1.29 is 22.1 Å². The van der Waals surface area contributed by atoms with Crippen LogP contribution in [-0.4, -0.2) is 5.16 Å². The third-order valence-electron chi connectivity index (χ3n) is 2.09. The minimum absolute atomic E-state index is 0.0881. The summed E-state index contributed by atoms with van der Waals surface area (Å²) >= 11 is 0. The molecule has 0 radical (unpaired) electrons. The number of hydrogen-bond acceptors (Lipinski definition) is 3. The number of rotatable bonds is 1. The van der Waals surface area contributed by atoms with Crippen molar-refractivity contribution in [2.24, 2.45) is 0 Å². The summed E-state index contributed by atoms with van der Waals surface area (Å²) in [5, 5.41) is 3.37. The molecule has 0 aliphatic rings. The Morgan fingerprint density at radius 1 is 1.18 bits per heavy atom. The van der Waals surface area contributed by atoms with Crippen LogP contribution in [0.25, 0.3) is 11.3 Å². The van der Waals surface area contributed by atoms with Crippen molar-refractivity contribution in [2.45, 2.75) is 6.18 Å². The van der Waals surface area contributed by atoms with E-state index in [0.717, 1.165) is 18.2 Å². The van der Waals surface area contributed by atoms with E-state index in [-0.39, 0.29) is 17.1 Å². The lowest BCUT2D eigenvalue weighted by Gasteiger charge is -2.10. The molecule has 17 heavy (non-hydrogen) atoms. The summed E-state index contributed by atoms with van der Waals surface area (Å²) in [6.45, 7) is 0. The van der Waals surface area contributed by atoms with Crippen molar-refractivity contribution in [1.29, 1.82) is 0 Å². The fraction of sp³-hybridized carbons (Fsp3) is 0.100. The van der Waals surface area contributed by atoms with E-state index in [1.165, 1.54) is 0 Å². The Kier molecular flexibility index (Phi) is 2.53. The summed E-state index contributed by atoms with van der Waals surface area (Å²) in [5.74, 6) is -1.09. The van der Waals surface area contributed by atoms with E-state index in [9.17, 15) is 17.6 Å². The Balaban J connectivity index is 2.61. The van der Waals surface area contributed by atoms with Crippen molar-refractivity contribution in [3.63, 3.8) is 0 Å². The lowest BCUT2D eigenvalue weighted by molar-refractivity contribution is -0.137. The maximum absolute atomic E-state index is 12.8. The smallest absolute Gasteiger partial charge is 0.368 e. The zero-order valence-corrected chi connectivity index (χ0v) is 8.25. The second kappa shape index (κ2) is 3.76. The first-order valence-electron chi connectivity index (χ1n) is 4.47. The van der Waals surface area contributed by atoms with Crippen molar-refractivity contribution >= 4 is 5.88 Å². The van der Waals surface area contributed by atoms with Gasteiger partial charge in [0.25, 0.3) is 0 Å². The summed E-state index contributed by atoms with van der Waals surface area (Å²) in [5.41, 5.74) is 3.73. The first-order chi connectivity index (χ1) is 7.88. The van der Waals surface area contributed by atoms with Gasteiger partial charge in [-0.05, 0) is 18.2 Å². The molecule has 0 atom stereocenters. The predicted octanol–water partition coefficient (Wildman–Crippen LogP) is 3.08. The van der Waals surface area contributed by atoms with Crippen LogP contribution in [0.1, 0.15) is 5.56 Å². The molecule has 0 unspecified atom stereocenters. The van der Waals surface area contributed by atoms with Gasteiger partial charge < -0.3 is 10.3 Å². The van der Waals surface area contributed by atoms with Crippen LogP contribution >= 0.6 is 0 Å². The molecule has 2 rings (SSSR count). The van der Waals surface area contributed by atoms with Gasteiger partial charge in [0.1, 0.15) is 11.5 Å². The molecule has 0 fully saturated rings. The minimum Gasteiger partial charge on any atom is -0.368 e. The van der Waals surface area contributed by atoms with E-state index in [1.807, 2.05) is 0 Å². The van der Waals surface area contributed by atoms with Gasteiger partial charge in [0, 0.05) is 11.6 Å². The average molecular weight is 246 g/mol. The van der Waals surface area contributed by atoms with Crippen LogP contribution in [-0.2, 0) is 6.18 Å². The molecule has 90 valence electrons. The summed E-state index contributed by atoms with van der Waals surface area (Å²) in [7, 11) is 0. The maximum Gasteiger partial charge on any atom is 0.417 e. The zero-order valence-electron chi connectivity index (χ0n) is 8.25. The van der Waals surface area contributed by atoms with Gasteiger partial charge >= 0.3 is 6.18 Å². The molecule has 0 saturated heterocycles. The summed E-state index contributed by atoms with van der Waals surface area (Å²) in [6, 6.07) is 3.44. The van der Waals surface area contributed by atoms with E-state index in [0.29, 0.717) is 6.07 Å². The molecule has 0 spiro atoms. The topological polar surface area (TPSA) is 52.0 Å². The highest BCUT2D eigenvalue weighted by atomic mass is 19.4. The molecule has 2 aromatic rings. The van der Waals surface area contributed by atoms with Crippen molar-refractivity contribution in [3.8, 4) is 11.3 Å². The number of halogens is 4. The Labute approximate surface area is 92.8 Å². The number of nitrogens with two attached hydrogens (primary N) is 1. The lowest BCUT2D eigenvalue weighted by Crippen LogP contribution is -2.07. The Morgan fingerprint density at radius 3 is 2.41 bits per heavy atom. The molecule has 1 heterocycles. The molecule has 1 aromatic carbocycles. The fourth-order valence-corrected chi connectivity index (χ4v) is 1.39. The average Bonchev–Trinajstić information content (AvgIpc) is 2.63. The van der Waals surface area contributed by atoms with Crippen LogP contribution in [0, 0.1) is 5.82 Å². The van der Waals surface area contributed by atoms with Gasteiger partial charge in [-0.25, -0.2) is 4.39 Å². The zero-order chi connectivity index (χ0) is 12.6. The highest BCUT2D eigenvalue weighted by Crippen LogP contribution is 2.37. The number of anilines is 1. The van der Waals surface area contributed by atoms with Gasteiger partial charge in [0.15, 0.2) is 0 Å². The fourth-order valence-electron chi connectivity index (χ4n) is 1.39. The molecule has 0 aliphatic heterocycles. The first-order valence-corrected chi connectivity index (χ1v) is 4.47. The number of alkyl halides is 3. The van der Waals surface area contributed by atoms with E-state index >= 15 is 0 Å². The predicted molar refractivity (Wildman–Crippen MR) is 51.3 cm³/mol. The second-order valence-electron chi connectivity index (χ2n) is 3.30. The first kappa shape index (κ1) is 11.4. The number of nitrogen functional groups attached to an aromatic ring is 1. The molecular weight excluding hydrogens is 240 g/mol. The molecule has 3 nitrogen and oxygen atoms in total. The lowest BCUT2D eigenvalue weighted by atomic mass is 10.0. The van der Waals surface area contributed by atoms with Crippen LogP contribution in [0.15, 0.2) is 28.8 Å². The number of benzene rings is 1. The SMILES string of the molecule is Nc1cc(-c2ccc(F)cc2C(F)(F)F)no1. The monoisotopic (exact) mass is 246 g/mol. The summed E-state index contributed by atoms with van der Waals surface area (Å²) in [4.78, 5) is 0. The van der Waals surface area contributed by atoms with E-state index in [4.69, 9.17) is 5.73 Å². The molecule has 0 aliphatic carbocycles. The third kappa shape index (κ3) is 2.22. The maximum atomic E-state index is 12.8. The van der Waals surface area contributed by atoms with Crippen LogP contribution < -0.4 is 5.73 Å². The van der Waals surface area contributed by atoms with Crippen molar-refractivity contribution in [2.75, 3.05) is 5.73 Å². The number of hydrogen-bond donors (Lipinski definition) is 1. The van der Waals surface area contributed by atoms with E-state index < -0.39 is 17.6 Å². The standard InChI is InChI=1S/C10H6F4N2O/c11-5-1-2-6(7(3-5)10(12,13)14)8-4-9(15)17-16-8/h1-4H,15H2. The van der Waals surface area contributed by atoms with Crippen LogP contribution in [0.2, 0.25) is 0 Å². The van der Waals surface area contributed by atoms with Gasteiger partial charge in [-0.1, -0.05) is 5.16 Å². The van der Waals surface area contributed by atoms with E-state index in [2.05, 4.69) is 9.68 Å². The second-order valence-corrected chi connectivity index (χ2v) is 3.30. The van der Waals surface area contributed by atoms with Crippen LogP contribution in [0.5, 0.6) is 0 Å². The van der Waals surface area contributed by atoms with Crippen LogP contribution in [0.3, 0.4) is 0 Å². The summed E-state index contributed by atoms with van der Waals surface area (Å²) in [6.07, 6.45) is -4.68. The third-order valence-corrected chi connectivity index (χ3v) is 2.09. The molecule has 7 heteroatoms. The van der Waals surface area contributed by atoms with E-state index in [1.54, 1.807) is 0 Å². The highest BCUT2D eigenvalue weighted by molar-refractivity contribution is 5.66. The Hall–Kier alpha value is -2.05. The van der Waals surface area contributed by atoms with Gasteiger partial charge in [-0.3, -0.25) is 0 Å². The highest BCUT2D eigenvalue weighted by Gasteiger charge is 2.34. The molecule has 0 amide bonds. The molecule has 0 bridgehead atoms. The van der Waals surface area contributed by atoms with Gasteiger partial charge in [0.2, 0.25) is 5.88 Å². The Bertz CT molecular complexity index is 547. The van der Waals surface area contributed by atoms with Crippen LogP contribution in [0.4, 0.5) is 23.4 Å². The van der Waals surface area contributed by atoms with Gasteiger partial charge in [-0.2, -0.15) is 13.2 Å². The van der Waals surface area contributed by atoms with Crippen molar-refractivity contribution in [3.05, 3.63) is 35.6 Å². The molecule has 0 saturated carbocycles. The molecule has 2 N–H and O–H groups in total. The largest absolute Gasteiger partial charge is 0.417 e. The molecular formula is C10H6F4N2O. The Morgan fingerprint density at radius 2 is 1.88 bits per heavy atom. The minimum atomic E-state index is -4.68.